The summed E-state index contributed by atoms with van der Waals surface area (Å²) in [7, 11) is 1.89. The fraction of sp³-hybridized carbons (Fsp3) is 0.235. The highest BCUT2D eigenvalue weighted by atomic mass is 35.5. The van der Waals surface area contributed by atoms with E-state index < -0.39 is 5.82 Å². The Bertz CT molecular complexity index is 695. The van der Waals surface area contributed by atoms with Crippen LogP contribution in [0.3, 0.4) is 0 Å². The number of anilines is 1. The number of benzene rings is 2. The van der Waals surface area contributed by atoms with Gasteiger partial charge in [-0.2, -0.15) is 0 Å². The summed E-state index contributed by atoms with van der Waals surface area (Å²) in [5.41, 5.74) is 0.397. The molecule has 0 aliphatic rings. The van der Waals surface area contributed by atoms with Crippen LogP contribution >= 0.6 is 23.2 Å². The molecule has 0 radical (unpaired) electrons. The Labute approximate surface area is 150 Å². The number of carbonyl (C=O) groups is 1. The molecule has 1 unspecified atom stereocenters. The molecule has 2 N–H and O–H groups in total. The molecule has 2 aromatic carbocycles. The molecular formula is C17H18Cl2FN2O2+. The van der Waals surface area contributed by atoms with Crippen molar-refractivity contribution in [2.24, 2.45) is 0 Å². The largest absolute Gasteiger partial charge is 0.488 e. The zero-order chi connectivity index (χ0) is 17.5. The number of ether oxygens (including phenoxy) is 1. The summed E-state index contributed by atoms with van der Waals surface area (Å²) >= 11 is 11.7. The average molecular weight is 372 g/mol. The molecule has 1 atom stereocenters. The summed E-state index contributed by atoms with van der Waals surface area (Å²) < 4.78 is 18.6. The maximum atomic E-state index is 13.0. The molecule has 7 heteroatoms. The summed E-state index contributed by atoms with van der Waals surface area (Å²) in [5, 5.41) is 3.50. The number of likely N-dealkylation sites (N-methyl/N-ethyl adjacent to an activating group) is 1. The van der Waals surface area contributed by atoms with Crippen LogP contribution < -0.4 is 15.0 Å². The Hall–Kier alpha value is -1.82. The number of carbonyl (C=O) groups excluding carboxylic acids is 1. The van der Waals surface area contributed by atoms with Crippen LogP contribution in [0, 0.1) is 5.82 Å². The van der Waals surface area contributed by atoms with E-state index in [1.807, 2.05) is 7.05 Å². The third kappa shape index (κ3) is 6.00. The zero-order valence-electron chi connectivity index (χ0n) is 13.1. The van der Waals surface area contributed by atoms with Crippen molar-refractivity contribution in [3.05, 3.63) is 58.3 Å². The minimum Gasteiger partial charge on any atom is -0.488 e. The lowest BCUT2D eigenvalue weighted by atomic mass is 10.3. The van der Waals surface area contributed by atoms with E-state index in [1.165, 1.54) is 12.1 Å². The highest BCUT2D eigenvalue weighted by molar-refractivity contribution is 6.33. The molecule has 0 aliphatic carbocycles. The first-order valence-corrected chi connectivity index (χ1v) is 8.14. The summed E-state index contributed by atoms with van der Waals surface area (Å²) in [4.78, 5) is 13.0. The third-order valence-electron chi connectivity index (χ3n) is 3.28. The molecule has 4 nitrogen and oxygen atoms in total. The summed E-state index contributed by atoms with van der Waals surface area (Å²) in [5.74, 6) is 0.0855. The molecule has 1 amide bonds. The summed E-state index contributed by atoms with van der Waals surface area (Å²) in [6.45, 7) is 1.36. The van der Waals surface area contributed by atoms with E-state index in [0.717, 1.165) is 16.7 Å². The first-order valence-electron chi connectivity index (χ1n) is 7.38. The number of hydrogen-bond acceptors (Lipinski definition) is 2. The maximum absolute atomic E-state index is 13.0. The second kappa shape index (κ2) is 8.87. The van der Waals surface area contributed by atoms with Crippen LogP contribution in [0.5, 0.6) is 5.75 Å². The van der Waals surface area contributed by atoms with E-state index in [9.17, 15) is 9.18 Å². The molecule has 0 spiro atoms. The van der Waals surface area contributed by atoms with E-state index in [4.69, 9.17) is 27.9 Å². The quantitative estimate of drug-likeness (QED) is 0.785. The normalized spacial score (nSPS) is 11.8. The Kier molecular flexibility index (Phi) is 6.85. The highest BCUT2D eigenvalue weighted by Gasteiger charge is 2.12. The van der Waals surface area contributed by atoms with Crippen molar-refractivity contribution < 1.29 is 18.8 Å². The molecular weight excluding hydrogens is 354 g/mol. The van der Waals surface area contributed by atoms with Crippen molar-refractivity contribution in [1.29, 1.82) is 0 Å². The first-order chi connectivity index (χ1) is 11.4. The van der Waals surface area contributed by atoms with Gasteiger partial charge in [-0.25, -0.2) is 4.39 Å². The van der Waals surface area contributed by atoms with E-state index in [1.54, 1.807) is 24.3 Å². The van der Waals surface area contributed by atoms with Crippen LogP contribution in [0.15, 0.2) is 42.5 Å². The molecule has 0 saturated carbocycles. The van der Waals surface area contributed by atoms with E-state index in [0.29, 0.717) is 23.9 Å². The monoisotopic (exact) mass is 371 g/mol. The van der Waals surface area contributed by atoms with Gasteiger partial charge in [-0.05, 0) is 42.5 Å². The zero-order valence-corrected chi connectivity index (χ0v) is 14.6. The second-order valence-corrected chi connectivity index (χ2v) is 6.20. The van der Waals surface area contributed by atoms with Gasteiger partial charge < -0.3 is 15.0 Å². The lowest BCUT2D eigenvalue weighted by molar-refractivity contribution is -0.871. The highest BCUT2D eigenvalue weighted by Crippen LogP contribution is 2.22. The average Bonchev–Trinajstić information content (AvgIpc) is 2.52. The predicted octanol–water partition coefficient (Wildman–Crippen LogP) is 2.66. The van der Waals surface area contributed by atoms with Gasteiger partial charge >= 0.3 is 0 Å². The number of amides is 1. The van der Waals surface area contributed by atoms with E-state index in [2.05, 4.69) is 5.32 Å². The minimum absolute atomic E-state index is 0.173. The minimum atomic E-state index is -0.444. The van der Waals surface area contributed by atoms with Crippen LogP contribution in [0.1, 0.15) is 0 Å². The Morgan fingerprint density at radius 2 is 1.92 bits per heavy atom. The number of hydrogen-bond donors (Lipinski definition) is 2. The lowest BCUT2D eigenvalue weighted by Crippen LogP contribution is -3.10. The predicted molar refractivity (Wildman–Crippen MR) is 93.6 cm³/mol. The van der Waals surface area contributed by atoms with Crippen molar-refractivity contribution in [3.8, 4) is 5.75 Å². The Morgan fingerprint density at radius 3 is 2.58 bits per heavy atom. The second-order valence-electron chi connectivity index (χ2n) is 5.36. The summed E-state index contributed by atoms with van der Waals surface area (Å²) in [6.07, 6.45) is 0. The van der Waals surface area contributed by atoms with Crippen LogP contribution in [-0.2, 0) is 4.79 Å². The van der Waals surface area contributed by atoms with Crippen molar-refractivity contribution in [3.63, 3.8) is 0 Å². The van der Waals surface area contributed by atoms with Gasteiger partial charge in [0.25, 0.3) is 5.91 Å². The summed E-state index contributed by atoms with van der Waals surface area (Å²) in [6, 6.07) is 10.9. The molecule has 2 aromatic rings. The lowest BCUT2D eigenvalue weighted by Gasteiger charge is -2.15. The Balaban J connectivity index is 1.74. The SMILES string of the molecule is C[NH+](CCOc1ccc(Cl)cc1)CC(=O)Nc1ccc(F)cc1Cl. The molecule has 0 aromatic heterocycles. The number of nitrogens with one attached hydrogen (secondary N) is 2. The molecule has 128 valence electrons. The first kappa shape index (κ1) is 18.5. The molecule has 0 saturated heterocycles. The maximum Gasteiger partial charge on any atom is 0.279 e. The molecule has 0 bridgehead atoms. The van der Waals surface area contributed by atoms with Gasteiger partial charge in [-0.1, -0.05) is 23.2 Å². The van der Waals surface area contributed by atoms with Gasteiger partial charge in [0.15, 0.2) is 6.54 Å². The van der Waals surface area contributed by atoms with E-state index >= 15 is 0 Å². The number of quaternary nitrogens is 1. The molecule has 0 fully saturated rings. The van der Waals surface area contributed by atoms with Gasteiger partial charge in [0.05, 0.1) is 17.8 Å². The molecule has 0 aliphatic heterocycles. The fourth-order valence-corrected chi connectivity index (χ4v) is 2.36. The molecule has 24 heavy (non-hydrogen) atoms. The third-order valence-corrected chi connectivity index (χ3v) is 3.84. The van der Waals surface area contributed by atoms with Gasteiger partial charge in [-0.3, -0.25) is 4.79 Å². The topological polar surface area (TPSA) is 42.8 Å². The van der Waals surface area contributed by atoms with Gasteiger partial charge in [0, 0.05) is 5.02 Å². The van der Waals surface area contributed by atoms with Crippen LogP contribution in [0.4, 0.5) is 10.1 Å². The van der Waals surface area contributed by atoms with Crippen LogP contribution in [0.2, 0.25) is 10.0 Å². The smallest absolute Gasteiger partial charge is 0.279 e. The number of halogens is 3. The van der Waals surface area contributed by atoms with Gasteiger partial charge in [0.1, 0.15) is 24.7 Å². The van der Waals surface area contributed by atoms with Crippen LogP contribution in [0.25, 0.3) is 0 Å². The molecule has 0 heterocycles. The number of rotatable bonds is 7. The Morgan fingerprint density at radius 1 is 1.21 bits per heavy atom. The van der Waals surface area contributed by atoms with Gasteiger partial charge in [0.2, 0.25) is 0 Å². The van der Waals surface area contributed by atoms with Crippen LogP contribution in [-0.4, -0.2) is 32.7 Å². The standard InChI is InChI=1S/C17H17Cl2FN2O2/c1-22(8-9-24-14-5-2-12(18)3-6-14)11-17(23)21-16-7-4-13(20)10-15(16)19/h2-7,10H,8-9,11H2,1H3,(H,21,23)/p+1. The van der Waals surface area contributed by atoms with Crippen molar-refractivity contribution in [1.82, 2.24) is 0 Å². The van der Waals surface area contributed by atoms with Crippen molar-refractivity contribution in [2.75, 3.05) is 32.1 Å². The van der Waals surface area contributed by atoms with Gasteiger partial charge in [-0.15, -0.1) is 0 Å². The van der Waals surface area contributed by atoms with Crippen molar-refractivity contribution in [2.45, 2.75) is 0 Å². The fourth-order valence-electron chi connectivity index (χ4n) is 2.02. The van der Waals surface area contributed by atoms with Crippen molar-refractivity contribution >= 4 is 34.8 Å². The van der Waals surface area contributed by atoms with E-state index in [-0.39, 0.29) is 17.5 Å². The molecule has 2 rings (SSSR count).